The molecule has 2 aromatic heterocycles. The third kappa shape index (κ3) is 2.71. The van der Waals surface area contributed by atoms with Crippen LogP contribution in [0.2, 0.25) is 0 Å². The molecule has 0 saturated heterocycles. The molecule has 19 heavy (non-hydrogen) atoms. The first-order chi connectivity index (χ1) is 9.24. The zero-order chi connectivity index (χ0) is 13.2. The normalized spacial score (nSPS) is 12.7. The molecule has 0 aliphatic rings. The van der Waals surface area contributed by atoms with E-state index in [0.29, 0.717) is 0 Å². The van der Waals surface area contributed by atoms with E-state index in [1.54, 1.807) is 11.3 Å². The van der Waals surface area contributed by atoms with Crippen LogP contribution in [0.4, 0.5) is 0 Å². The maximum absolute atomic E-state index is 6.30. The lowest BCUT2D eigenvalue weighted by molar-refractivity contribution is 0.718. The molecule has 0 aliphatic carbocycles. The van der Waals surface area contributed by atoms with Gasteiger partial charge in [-0.2, -0.15) is 0 Å². The van der Waals surface area contributed by atoms with Crippen molar-refractivity contribution >= 4 is 37.5 Å². The second kappa shape index (κ2) is 5.41. The fraction of sp³-hybridized carbons (Fsp3) is 0.133. The largest absolute Gasteiger partial charge is 0.324 e. The quantitative estimate of drug-likeness (QED) is 0.776. The van der Waals surface area contributed by atoms with Gasteiger partial charge in [-0.3, -0.25) is 4.98 Å². The highest BCUT2D eigenvalue weighted by Gasteiger charge is 2.10. The minimum Gasteiger partial charge on any atom is -0.324 e. The highest BCUT2D eigenvalue weighted by atomic mass is 79.9. The number of thiophene rings is 1. The molecule has 0 radical (unpaired) electrons. The van der Waals surface area contributed by atoms with Crippen molar-refractivity contribution in [3.05, 3.63) is 63.6 Å². The number of fused-ring (bicyclic) bond motifs is 1. The standard InChI is InChI=1S/C15H13BrN2S/c16-12-4-2-1-3-10(12)7-13(17)11-8-15-14(18-9-11)5-6-19-15/h1-6,8-9,13H,7,17H2. The minimum absolute atomic E-state index is 0.0299. The van der Waals surface area contributed by atoms with E-state index >= 15 is 0 Å². The molecule has 1 unspecified atom stereocenters. The Morgan fingerprint density at radius 2 is 2.11 bits per heavy atom. The summed E-state index contributed by atoms with van der Waals surface area (Å²) in [5.41, 5.74) is 9.65. The van der Waals surface area contributed by atoms with Crippen LogP contribution in [-0.4, -0.2) is 4.98 Å². The average molecular weight is 333 g/mol. The summed E-state index contributed by atoms with van der Waals surface area (Å²) in [6.45, 7) is 0. The van der Waals surface area contributed by atoms with Crippen molar-refractivity contribution in [2.24, 2.45) is 5.73 Å². The molecule has 0 bridgehead atoms. The first-order valence-electron chi connectivity index (χ1n) is 6.06. The highest BCUT2D eigenvalue weighted by molar-refractivity contribution is 9.10. The molecule has 1 atom stereocenters. The molecule has 96 valence electrons. The van der Waals surface area contributed by atoms with Crippen molar-refractivity contribution in [3.63, 3.8) is 0 Å². The van der Waals surface area contributed by atoms with Crippen LogP contribution in [0.3, 0.4) is 0 Å². The van der Waals surface area contributed by atoms with Gasteiger partial charge in [0.15, 0.2) is 0 Å². The molecule has 2 N–H and O–H groups in total. The van der Waals surface area contributed by atoms with Gasteiger partial charge < -0.3 is 5.73 Å². The number of nitrogens with zero attached hydrogens (tertiary/aromatic N) is 1. The van der Waals surface area contributed by atoms with E-state index in [2.05, 4.69) is 38.4 Å². The molecule has 1 aromatic carbocycles. The Morgan fingerprint density at radius 3 is 2.95 bits per heavy atom. The Balaban J connectivity index is 1.87. The SMILES string of the molecule is NC(Cc1ccccc1Br)c1cnc2ccsc2c1. The molecular weight excluding hydrogens is 320 g/mol. The number of aromatic nitrogens is 1. The van der Waals surface area contributed by atoms with Gasteiger partial charge in [-0.1, -0.05) is 34.1 Å². The zero-order valence-corrected chi connectivity index (χ0v) is 12.6. The maximum atomic E-state index is 6.30. The summed E-state index contributed by atoms with van der Waals surface area (Å²) >= 11 is 5.26. The van der Waals surface area contributed by atoms with Crippen LogP contribution in [0.1, 0.15) is 17.2 Å². The van der Waals surface area contributed by atoms with Gasteiger partial charge in [-0.05, 0) is 41.1 Å². The highest BCUT2D eigenvalue weighted by Crippen LogP contribution is 2.25. The Hall–Kier alpha value is -1.23. The lowest BCUT2D eigenvalue weighted by Gasteiger charge is -2.13. The van der Waals surface area contributed by atoms with Gasteiger partial charge in [0.2, 0.25) is 0 Å². The van der Waals surface area contributed by atoms with Crippen molar-refractivity contribution < 1.29 is 0 Å². The summed E-state index contributed by atoms with van der Waals surface area (Å²) in [6, 6.07) is 12.3. The maximum Gasteiger partial charge on any atom is 0.0809 e. The minimum atomic E-state index is -0.0299. The van der Waals surface area contributed by atoms with E-state index in [1.807, 2.05) is 30.5 Å². The van der Waals surface area contributed by atoms with Gasteiger partial charge in [0, 0.05) is 16.7 Å². The molecule has 0 fully saturated rings. The number of hydrogen-bond acceptors (Lipinski definition) is 3. The van der Waals surface area contributed by atoms with Crippen molar-refractivity contribution in [3.8, 4) is 0 Å². The molecule has 2 heterocycles. The number of benzene rings is 1. The average Bonchev–Trinajstić information content (AvgIpc) is 2.88. The van der Waals surface area contributed by atoms with E-state index < -0.39 is 0 Å². The van der Waals surface area contributed by atoms with Gasteiger partial charge in [-0.25, -0.2) is 0 Å². The fourth-order valence-corrected chi connectivity index (χ4v) is 3.32. The van der Waals surface area contributed by atoms with Gasteiger partial charge in [-0.15, -0.1) is 11.3 Å². The van der Waals surface area contributed by atoms with Crippen LogP contribution >= 0.6 is 27.3 Å². The number of nitrogens with two attached hydrogens (primary N) is 1. The zero-order valence-electron chi connectivity index (χ0n) is 10.2. The summed E-state index contributed by atoms with van der Waals surface area (Å²) in [7, 11) is 0. The molecule has 3 rings (SSSR count). The summed E-state index contributed by atoms with van der Waals surface area (Å²) in [6.07, 6.45) is 2.69. The summed E-state index contributed by atoms with van der Waals surface area (Å²) in [5.74, 6) is 0. The van der Waals surface area contributed by atoms with E-state index in [0.717, 1.165) is 22.0 Å². The molecule has 0 saturated carbocycles. The van der Waals surface area contributed by atoms with E-state index in [4.69, 9.17) is 5.73 Å². The Bertz CT molecular complexity index is 708. The van der Waals surface area contributed by atoms with Crippen LogP contribution < -0.4 is 5.73 Å². The first-order valence-corrected chi connectivity index (χ1v) is 7.73. The topological polar surface area (TPSA) is 38.9 Å². The predicted octanol–water partition coefficient (Wildman–Crippen LogP) is 4.30. The number of hydrogen-bond donors (Lipinski definition) is 1. The fourth-order valence-electron chi connectivity index (χ4n) is 2.08. The van der Waals surface area contributed by atoms with Crippen LogP contribution in [0, 0.1) is 0 Å². The first kappa shape index (κ1) is 12.8. The van der Waals surface area contributed by atoms with Gasteiger partial charge >= 0.3 is 0 Å². The van der Waals surface area contributed by atoms with E-state index in [1.165, 1.54) is 10.3 Å². The van der Waals surface area contributed by atoms with Crippen molar-refractivity contribution in [2.75, 3.05) is 0 Å². The number of rotatable bonds is 3. The Kier molecular flexibility index (Phi) is 3.64. The van der Waals surface area contributed by atoms with Gasteiger partial charge in [0.25, 0.3) is 0 Å². The molecule has 2 nitrogen and oxygen atoms in total. The van der Waals surface area contributed by atoms with Gasteiger partial charge in [0.05, 0.1) is 10.2 Å². The van der Waals surface area contributed by atoms with Crippen molar-refractivity contribution in [1.82, 2.24) is 4.98 Å². The number of halogens is 1. The molecule has 0 aliphatic heterocycles. The summed E-state index contributed by atoms with van der Waals surface area (Å²) in [5, 5.41) is 2.06. The Labute approximate surface area is 124 Å². The van der Waals surface area contributed by atoms with Crippen LogP contribution in [0.15, 0.2) is 52.4 Å². The third-order valence-electron chi connectivity index (χ3n) is 3.15. The lowest BCUT2D eigenvalue weighted by atomic mass is 10.0. The van der Waals surface area contributed by atoms with Crippen molar-refractivity contribution in [2.45, 2.75) is 12.5 Å². The molecule has 0 spiro atoms. The molecule has 0 amide bonds. The predicted molar refractivity (Wildman–Crippen MR) is 84.4 cm³/mol. The van der Waals surface area contributed by atoms with Crippen LogP contribution in [-0.2, 0) is 6.42 Å². The van der Waals surface area contributed by atoms with E-state index in [9.17, 15) is 0 Å². The second-order valence-corrected chi connectivity index (χ2v) is 6.28. The summed E-state index contributed by atoms with van der Waals surface area (Å²) in [4.78, 5) is 4.44. The van der Waals surface area contributed by atoms with Gasteiger partial charge in [0.1, 0.15) is 0 Å². The molecule has 4 heteroatoms. The van der Waals surface area contributed by atoms with Crippen LogP contribution in [0.5, 0.6) is 0 Å². The smallest absolute Gasteiger partial charge is 0.0809 e. The van der Waals surface area contributed by atoms with Crippen LogP contribution in [0.25, 0.3) is 10.2 Å². The molecule has 3 aromatic rings. The van der Waals surface area contributed by atoms with Crippen molar-refractivity contribution in [1.29, 1.82) is 0 Å². The Morgan fingerprint density at radius 1 is 1.26 bits per heavy atom. The third-order valence-corrected chi connectivity index (χ3v) is 4.78. The lowest BCUT2D eigenvalue weighted by Crippen LogP contribution is -2.13. The summed E-state index contributed by atoms with van der Waals surface area (Å²) < 4.78 is 2.30. The monoisotopic (exact) mass is 332 g/mol. The molecular formula is C15H13BrN2S. The second-order valence-electron chi connectivity index (χ2n) is 4.47. The number of pyridine rings is 1. The van der Waals surface area contributed by atoms with E-state index in [-0.39, 0.29) is 6.04 Å².